The maximum atomic E-state index is 11.8. The number of rotatable bonds is 5. The van der Waals surface area contributed by atoms with Crippen molar-refractivity contribution in [1.29, 1.82) is 0 Å². The number of amides is 1. The van der Waals surface area contributed by atoms with Crippen molar-refractivity contribution >= 4 is 11.9 Å². The smallest absolute Gasteiger partial charge is 0.308 e. The molecule has 5 nitrogen and oxygen atoms in total. The third-order valence-electron chi connectivity index (χ3n) is 2.86. The molecular weight excluding hydrogens is 222 g/mol. The number of methoxy groups -OCH3 is 1. The Morgan fingerprint density at radius 3 is 2.88 bits per heavy atom. The van der Waals surface area contributed by atoms with Gasteiger partial charge in [-0.05, 0) is 6.42 Å². The normalized spacial score (nSPS) is 20.1. The van der Waals surface area contributed by atoms with E-state index in [1.165, 1.54) is 7.11 Å². The Bertz CT molecular complexity index is 267. The Labute approximate surface area is 102 Å². The van der Waals surface area contributed by atoms with Crippen LogP contribution in [0.1, 0.15) is 32.6 Å². The highest BCUT2D eigenvalue weighted by molar-refractivity contribution is 5.76. The Kier molecular flexibility index (Phi) is 5.97. The van der Waals surface area contributed by atoms with E-state index in [4.69, 9.17) is 4.74 Å². The molecule has 0 saturated carbocycles. The van der Waals surface area contributed by atoms with Gasteiger partial charge in [-0.25, -0.2) is 0 Å². The summed E-state index contributed by atoms with van der Waals surface area (Å²) in [6, 6.07) is 0. The highest BCUT2D eigenvalue weighted by Gasteiger charge is 2.25. The van der Waals surface area contributed by atoms with Gasteiger partial charge < -0.3 is 14.4 Å². The average Bonchev–Trinajstić information content (AvgIpc) is 2.36. The molecular formula is C12H21NO4. The second kappa shape index (κ2) is 7.27. The van der Waals surface area contributed by atoms with E-state index in [9.17, 15) is 9.59 Å². The van der Waals surface area contributed by atoms with Crippen LogP contribution in [-0.2, 0) is 19.1 Å². The molecule has 0 aromatic rings. The van der Waals surface area contributed by atoms with E-state index in [2.05, 4.69) is 11.7 Å². The van der Waals surface area contributed by atoms with Crippen molar-refractivity contribution in [2.45, 2.75) is 38.7 Å². The SMILES string of the molecule is CCCCC(=O)N1CCOC(CC(=O)OC)C1. The zero-order chi connectivity index (χ0) is 12.7. The molecule has 98 valence electrons. The lowest BCUT2D eigenvalue weighted by atomic mass is 10.1. The molecule has 1 aliphatic rings. The lowest BCUT2D eigenvalue weighted by molar-refractivity contribution is -0.150. The summed E-state index contributed by atoms with van der Waals surface area (Å²) in [4.78, 5) is 24.7. The second-order valence-corrected chi connectivity index (χ2v) is 4.22. The molecule has 0 bridgehead atoms. The van der Waals surface area contributed by atoms with Crippen molar-refractivity contribution in [1.82, 2.24) is 4.90 Å². The predicted octanol–water partition coefficient (Wildman–Crippen LogP) is 0.967. The fourth-order valence-corrected chi connectivity index (χ4v) is 1.82. The highest BCUT2D eigenvalue weighted by Crippen LogP contribution is 2.11. The summed E-state index contributed by atoms with van der Waals surface area (Å²) in [6.45, 7) is 3.68. The summed E-state index contributed by atoms with van der Waals surface area (Å²) in [6.07, 6.45) is 2.51. The van der Waals surface area contributed by atoms with Crippen molar-refractivity contribution < 1.29 is 19.1 Å². The van der Waals surface area contributed by atoms with E-state index in [0.29, 0.717) is 26.1 Å². The fourth-order valence-electron chi connectivity index (χ4n) is 1.82. The zero-order valence-corrected chi connectivity index (χ0v) is 10.6. The van der Waals surface area contributed by atoms with Crippen molar-refractivity contribution in [2.24, 2.45) is 0 Å². The Morgan fingerprint density at radius 1 is 1.47 bits per heavy atom. The minimum absolute atomic E-state index is 0.157. The summed E-state index contributed by atoms with van der Waals surface area (Å²) < 4.78 is 10.0. The lowest BCUT2D eigenvalue weighted by Crippen LogP contribution is -2.46. The van der Waals surface area contributed by atoms with Gasteiger partial charge in [0.2, 0.25) is 5.91 Å². The van der Waals surface area contributed by atoms with Crippen LogP contribution >= 0.6 is 0 Å². The first-order chi connectivity index (χ1) is 8.17. The quantitative estimate of drug-likeness (QED) is 0.675. The summed E-state index contributed by atoms with van der Waals surface area (Å²) >= 11 is 0. The van der Waals surface area contributed by atoms with Crippen molar-refractivity contribution in [3.05, 3.63) is 0 Å². The number of unbranched alkanes of at least 4 members (excludes halogenated alkanes) is 1. The number of nitrogens with zero attached hydrogens (tertiary/aromatic N) is 1. The number of ether oxygens (including phenoxy) is 2. The van der Waals surface area contributed by atoms with Crippen LogP contribution in [0.25, 0.3) is 0 Å². The highest BCUT2D eigenvalue weighted by atomic mass is 16.5. The molecule has 0 N–H and O–H groups in total. The number of hydrogen-bond acceptors (Lipinski definition) is 4. The second-order valence-electron chi connectivity index (χ2n) is 4.22. The molecule has 5 heteroatoms. The van der Waals surface area contributed by atoms with Gasteiger partial charge in [-0.1, -0.05) is 13.3 Å². The average molecular weight is 243 g/mol. The monoisotopic (exact) mass is 243 g/mol. The summed E-state index contributed by atoms with van der Waals surface area (Å²) in [7, 11) is 1.36. The van der Waals surface area contributed by atoms with Gasteiger partial charge in [0.1, 0.15) is 0 Å². The van der Waals surface area contributed by atoms with Gasteiger partial charge in [0.15, 0.2) is 0 Å². The lowest BCUT2D eigenvalue weighted by Gasteiger charge is -2.32. The molecule has 1 saturated heterocycles. The Balaban J connectivity index is 2.37. The molecule has 1 aliphatic heterocycles. The molecule has 0 aromatic carbocycles. The van der Waals surface area contributed by atoms with E-state index < -0.39 is 0 Å². The molecule has 1 unspecified atom stereocenters. The van der Waals surface area contributed by atoms with E-state index in [-0.39, 0.29) is 24.4 Å². The van der Waals surface area contributed by atoms with Crippen LogP contribution in [0, 0.1) is 0 Å². The van der Waals surface area contributed by atoms with E-state index in [1.54, 1.807) is 4.90 Å². The van der Waals surface area contributed by atoms with Gasteiger partial charge in [-0.15, -0.1) is 0 Å². The van der Waals surface area contributed by atoms with Gasteiger partial charge in [0.05, 0.1) is 26.2 Å². The number of carbonyl (C=O) groups is 2. The van der Waals surface area contributed by atoms with Crippen LogP contribution in [-0.4, -0.2) is 49.7 Å². The maximum absolute atomic E-state index is 11.8. The Hall–Kier alpha value is -1.10. The fraction of sp³-hybridized carbons (Fsp3) is 0.833. The number of esters is 1. The van der Waals surface area contributed by atoms with Gasteiger partial charge in [0.25, 0.3) is 0 Å². The predicted molar refractivity (Wildman–Crippen MR) is 62.5 cm³/mol. The topological polar surface area (TPSA) is 55.8 Å². The maximum Gasteiger partial charge on any atom is 0.308 e. The zero-order valence-electron chi connectivity index (χ0n) is 10.6. The van der Waals surface area contributed by atoms with Crippen LogP contribution in [0.5, 0.6) is 0 Å². The number of morpholine rings is 1. The molecule has 0 radical (unpaired) electrons. The van der Waals surface area contributed by atoms with E-state index in [1.807, 2.05) is 0 Å². The molecule has 0 aliphatic carbocycles. The first-order valence-corrected chi connectivity index (χ1v) is 6.13. The molecule has 1 rings (SSSR count). The van der Waals surface area contributed by atoms with E-state index >= 15 is 0 Å². The number of carbonyl (C=O) groups excluding carboxylic acids is 2. The molecule has 0 spiro atoms. The minimum Gasteiger partial charge on any atom is -0.469 e. The van der Waals surface area contributed by atoms with Crippen LogP contribution in [0.15, 0.2) is 0 Å². The minimum atomic E-state index is -0.294. The third kappa shape index (κ3) is 4.73. The van der Waals surface area contributed by atoms with Crippen molar-refractivity contribution in [2.75, 3.05) is 26.8 Å². The third-order valence-corrected chi connectivity index (χ3v) is 2.86. The summed E-state index contributed by atoms with van der Waals surface area (Å²) in [5, 5.41) is 0. The van der Waals surface area contributed by atoms with Crippen LogP contribution < -0.4 is 0 Å². The molecule has 17 heavy (non-hydrogen) atoms. The Morgan fingerprint density at radius 2 is 2.24 bits per heavy atom. The summed E-state index contributed by atoms with van der Waals surface area (Å²) in [5.74, 6) is -0.136. The molecule has 1 atom stereocenters. The summed E-state index contributed by atoms with van der Waals surface area (Å²) in [5.41, 5.74) is 0. The molecule has 1 heterocycles. The van der Waals surface area contributed by atoms with Crippen LogP contribution in [0.2, 0.25) is 0 Å². The molecule has 0 aromatic heterocycles. The van der Waals surface area contributed by atoms with Gasteiger partial charge >= 0.3 is 5.97 Å². The molecule has 1 fully saturated rings. The molecule has 1 amide bonds. The van der Waals surface area contributed by atoms with Gasteiger partial charge in [-0.2, -0.15) is 0 Å². The van der Waals surface area contributed by atoms with Gasteiger partial charge in [-0.3, -0.25) is 9.59 Å². The largest absolute Gasteiger partial charge is 0.469 e. The van der Waals surface area contributed by atoms with Crippen molar-refractivity contribution in [3.63, 3.8) is 0 Å². The first kappa shape index (κ1) is 14.0. The number of hydrogen-bond donors (Lipinski definition) is 0. The van der Waals surface area contributed by atoms with Crippen LogP contribution in [0.4, 0.5) is 0 Å². The first-order valence-electron chi connectivity index (χ1n) is 6.13. The van der Waals surface area contributed by atoms with Crippen LogP contribution in [0.3, 0.4) is 0 Å². The van der Waals surface area contributed by atoms with Crippen molar-refractivity contribution in [3.8, 4) is 0 Å². The van der Waals surface area contributed by atoms with Gasteiger partial charge in [0, 0.05) is 19.5 Å². The standard InChI is InChI=1S/C12H21NO4/c1-3-4-5-11(14)13-6-7-17-10(9-13)8-12(15)16-2/h10H,3-9H2,1-2H3. The van der Waals surface area contributed by atoms with E-state index in [0.717, 1.165) is 12.8 Å².